The van der Waals surface area contributed by atoms with Crippen LogP contribution < -0.4 is 0 Å². The summed E-state index contributed by atoms with van der Waals surface area (Å²) in [5, 5.41) is 8.88. The number of hydrogen-bond donors (Lipinski definition) is 1. The minimum atomic E-state index is -0.627. The average molecular weight is 213 g/mol. The van der Waals surface area contributed by atoms with Crippen LogP contribution in [0.5, 0.6) is 0 Å². The largest absolute Gasteiger partial charge is 0.481 e. The molecule has 1 heterocycles. The lowest BCUT2D eigenvalue weighted by Gasteiger charge is -2.44. The number of ether oxygens (including phenoxy) is 1. The van der Waals surface area contributed by atoms with Gasteiger partial charge in [0.2, 0.25) is 0 Å². The molecule has 1 aliphatic carbocycles. The van der Waals surface area contributed by atoms with Crippen LogP contribution in [0.2, 0.25) is 0 Å². The Kier molecular flexibility index (Phi) is 3.26. The van der Waals surface area contributed by atoms with Crippen molar-refractivity contribution in [2.24, 2.45) is 5.92 Å². The molecule has 0 unspecified atom stereocenters. The minimum Gasteiger partial charge on any atom is -0.481 e. The second-order valence-corrected chi connectivity index (χ2v) is 4.63. The number of piperidine rings is 1. The molecule has 15 heavy (non-hydrogen) atoms. The smallest absolute Gasteiger partial charge is 0.306 e. The van der Waals surface area contributed by atoms with Crippen molar-refractivity contribution in [2.45, 2.75) is 37.8 Å². The Morgan fingerprint density at radius 3 is 2.40 bits per heavy atom. The maximum absolute atomic E-state index is 10.8. The van der Waals surface area contributed by atoms with Gasteiger partial charge in [-0.15, -0.1) is 0 Å². The molecule has 1 saturated heterocycles. The lowest BCUT2D eigenvalue weighted by molar-refractivity contribution is -0.144. The SMILES string of the molecule is COC1CC(N2CCC(C(=O)O)CC2)C1. The quantitative estimate of drug-likeness (QED) is 0.758. The van der Waals surface area contributed by atoms with Crippen molar-refractivity contribution < 1.29 is 14.6 Å². The highest BCUT2D eigenvalue weighted by Crippen LogP contribution is 2.31. The average Bonchev–Trinajstić information content (AvgIpc) is 2.17. The van der Waals surface area contributed by atoms with Crippen LogP contribution in [-0.4, -0.2) is 48.3 Å². The van der Waals surface area contributed by atoms with Gasteiger partial charge in [0.05, 0.1) is 12.0 Å². The summed E-state index contributed by atoms with van der Waals surface area (Å²) in [5.41, 5.74) is 0. The van der Waals surface area contributed by atoms with Crippen LogP contribution in [0, 0.1) is 5.92 Å². The van der Waals surface area contributed by atoms with Crippen LogP contribution in [0.25, 0.3) is 0 Å². The van der Waals surface area contributed by atoms with Crippen molar-refractivity contribution >= 4 is 5.97 Å². The Bertz CT molecular complexity index is 230. The lowest BCUT2D eigenvalue weighted by atomic mass is 9.85. The molecule has 86 valence electrons. The van der Waals surface area contributed by atoms with E-state index >= 15 is 0 Å². The van der Waals surface area contributed by atoms with E-state index in [2.05, 4.69) is 4.90 Å². The van der Waals surface area contributed by atoms with Crippen molar-refractivity contribution in [3.8, 4) is 0 Å². The van der Waals surface area contributed by atoms with Crippen molar-refractivity contribution in [1.29, 1.82) is 0 Å². The molecule has 1 saturated carbocycles. The Morgan fingerprint density at radius 2 is 1.93 bits per heavy atom. The summed E-state index contributed by atoms with van der Waals surface area (Å²) in [6, 6.07) is 0.643. The monoisotopic (exact) mass is 213 g/mol. The molecule has 0 spiro atoms. The molecule has 0 aromatic heterocycles. The Balaban J connectivity index is 1.73. The van der Waals surface area contributed by atoms with E-state index in [4.69, 9.17) is 9.84 Å². The third-order valence-corrected chi connectivity index (χ3v) is 3.80. The summed E-state index contributed by atoms with van der Waals surface area (Å²) >= 11 is 0. The van der Waals surface area contributed by atoms with E-state index in [9.17, 15) is 4.79 Å². The van der Waals surface area contributed by atoms with Crippen LogP contribution >= 0.6 is 0 Å². The fraction of sp³-hybridized carbons (Fsp3) is 0.909. The van der Waals surface area contributed by atoms with Crippen LogP contribution in [0.15, 0.2) is 0 Å². The molecule has 2 aliphatic rings. The second-order valence-electron chi connectivity index (χ2n) is 4.63. The van der Waals surface area contributed by atoms with Gasteiger partial charge in [0.25, 0.3) is 0 Å². The van der Waals surface area contributed by atoms with Crippen LogP contribution in [0.3, 0.4) is 0 Å². The Labute approximate surface area is 90.2 Å². The number of aliphatic carboxylic acids is 1. The number of likely N-dealkylation sites (tertiary alicyclic amines) is 1. The van der Waals surface area contributed by atoms with E-state index in [1.165, 1.54) is 0 Å². The van der Waals surface area contributed by atoms with Gasteiger partial charge in [0.15, 0.2) is 0 Å². The fourth-order valence-corrected chi connectivity index (χ4v) is 2.54. The first-order chi connectivity index (χ1) is 7.20. The highest BCUT2D eigenvalue weighted by Gasteiger charge is 2.36. The number of hydrogen-bond acceptors (Lipinski definition) is 3. The molecule has 4 heteroatoms. The molecule has 0 atom stereocenters. The van der Waals surface area contributed by atoms with Gasteiger partial charge in [-0.2, -0.15) is 0 Å². The van der Waals surface area contributed by atoms with E-state index in [-0.39, 0.29) is 5.92 Å². The number of carboxylic acid groups (broad SMARTS) is 1. The maximum Gasteiger partial charge on any atom is 0.306 e. The minimum absolute atomic E-state index is 0.112. The topological polar surface area (TPSA) is 49.8 Å². The van der Waals surface area contributed by atoms with Crippen LogP contribution in [-0.2, 0) is 9.53 Å². The van der Waals surface area contributed by atoms with Gasteiger partial charge in [-0.1, -0.05) is 0 Å². The fourth-order valence-electron chi connectivity index (χ4n) is 2.54. The summed E-state index contributed by atoms with van der Waals surface area (Å²) in [4.78, 5) is 13.2. The van der Waals surface area contributed by atoms with Crippen molar-refractivity contribution in [3.63, 3.8) is 0 Å². The van der Waals surface area contributed by atoms with E-state index in [1.807, 2.05) is 0 Å². The first-order valence-corrected chi connectivity index (χ1v) is 5.70. The predicted octanol–water partition coefficient (Wildman–Crippen LogP) is 0.960. The van der Waals surface area contributed by atoms with Crippen molar-refractivity contribution in [3.05, 3.63) is 0 Å². The molecular weight excluding hydrogens is 194 g/mol. The van der Waals surface area contributed by atoms with Gasteiger partial charge in [-0.3, -0.25) is 4.79 Å². The van der Waals surface area contributed by atoms with Gasteiger partial charge in [0.1, 0.15) is 0 Å². The number of methoxy groups -OCH3 is 1. The number of nitrogens with zero attached hydrogens (tertiary/aromatic N) is 1. The molecule has 4 nitrogen and oxygen atoms in total. The van der Waals surface area contributed by atoms with Gasteiger partial charge in [-0.05, 0) is 38.8 Å². The maximum atomic E-state index is 10.8. The molecule has 2 rings (SSSR count). The lowest BCUT2D eigenvalue weighted by Crippen LogP contribution is -2.51. The second kappa shape index (κ2) is 4.49. The third kappa shape index (κ3) is 2.32. The summed E-state index contributed by atoms with van der Waals surface area (Å²) in [5.74, 6) is -0.738. The van der Waals surface area contributed by atoms with Crippen molar-refractivity contribution in [2.75, 3.05) is 20.2 Å². The molecule has 1 aliphatic heterocycles. The number of rotatable bonds is 3. The van der Waals surface area contributed by atoms with E-state index in [0.717, 1.165) is 38.8 Å². The highest BCUT2D eigenvalue weighted by molar-refractivity contribution is 5.70. The molecule has 0 aromatic rings. The van der Waals surface area contributed by atoms with E-state index in [0.29, 0.717) is 12.1 Å². The van der Waals surface area contributed by atoms with Crippen LogP contribution in [0.1, 0.15) is 25.7 Å². The third-order valence-electron chi connectivity index (χ3n) is 3.80. The first-order valence-electron chi connectivity index (χ1n) is 5.70. The first kappa shape index (κ1) is 10.9. The predicted molar refractivity (Wildman–Crippen MR) is 55.8 cm³/mol. The van der Waals surface area contributed by atoms with Gasteiger partial charge in [-0.25, -0.2) is 0 Å². The summed E-state index contributed by atoms with van der Waals surface area (Å²) < 4.78 is 5.25. The molecule has 0 aromatic carbocycles. The zero-order valence-corrected chi connectivity index (χ0v) is 9.19. The van der Waals surface area contributed by atoms with Gasteiger partial charge >= 0.3 is 5.97 Å². The molecule has 2 fully saturated rings. The normalized spacial score (nSPS) is 33.7. The summed E-state index contributed by atoms with van der Waals surface area (Å²) in [6.07, 6.45) is 4.29. The number of carboxylic acids is 1. The van der Waals surface area contributed by atoms with Gasteiger partial charge in [0, 0.05) is 13.2 Å². The standard InChI is InChI=1S/C11H19NO3/c1-15-10-6-9(7-10)12-4-2-8(3-5-12)11(13)14/h8-10H,2-7H2,1H3,(H,13,14). The van der Waals surface area contributed by atoms with Gasteiger partial charge < -0.3 is 14.7 Å². The van der Waals surface area contributed by atoms with E-state index < -0.39 is 5.97 Å². The highest BCUT2D eigenvalue weighted by atomic mass is 16.5. The molecule has 1 N–H and O–H groups in total. The zero-order valence-electron chi connectivity index (χ0n) is 9.19. The zero-order chi connectivity index (χ0) is 10.8. The molecular formula is C11H19NO3. The van der Waals surface area contributed by atoms with Crippen LogP contribution in [0.4, 0.5) is 0 Å². The molecule has 0 radical (unpaired) electrons. The summed E-state index contributed by atoms with van der Waals surface area (Å²) in [7, 11) is 1.76. The van der Waals surface area contributed by atoms with E-state index in [1.54, 1.807) is 7.11 Å². The number of carbonyl (C=O) groups is 1. The summed E-state index contributed by atoms with van der Waals surface area (Å²) in [6.45, 7) is 1.89. The van der Waals surface area contributed by atoms with Crippen molar-refractivity contribution in [1.82, 2.24) is 4.90 Å². The molecule has 0 bridgehead atoms. The molecule has 0 amide bonds. The Morgan fingerprint density at radius 1 is 1.33 bits per heavy atom. The Hall–Kier alpha value is -0.610.